The number of nitrogens with zero attached hydrogens (tertiary/aromatic N) is 2. The Hall–Kier alpha value is -0.670. The highest BCUT2D eigenvalue weighted by molar-refractivity contribution is 6.03. The molecule has 3 heteroatoms. The predicted molar refractivity (Wildman–Crippen MR) is 69.6 cm³/mol. The van der Waals surface area contributed by atoms with Crippen molar-refractivity contribution in [2.75, 3.05) is 32.8 Å². The van der Waals surface area contributed by atoms with E-state index >= 15 is 0 Å². The summed E-state index contributed by atoms with van der Waals surface area (Å²) in [4.78, 5) is 7.30. The van der Waals surface area contributed by atoms with Crippen molar-refractivity contribution in [1.29, 1.82) is 0 Å². The highest BCUT2D eigenvalue weighted by atomic mass is 16.5. The van der Waals surface area contributed by atoms with Crippen LogP contribution in [0.15, 0.2) is 16.1 Å². The summed E-state index contributed by atoms with van der Waals surface area (Å²) in [7, 11) is 0. The third-order valence-corrected chi connectivity index (χ3v) is 4.26. The minimum absolute atomic E-state index is 0.656. The lowest BCUT2D eigenvalue weighted by molar-refractivity contribution is -0.0605. The summed E-state index contributed by atoms with van der Waals surface area (Å²) in [6.45, 7) is 9.72. The van der Waals surface area contributed by atoms with E-state index in [-0.39, 0.29) is 0 Å². The lowest BCUT2D eigenvalue weighted by Gasteiger charge is -2.41. The monoisotopic (exact) mass is 234 g/mol. The van der Waals surface area contributed by atoms with Gasteiger partial charge in [-0.25, -0.2) is 0 Å². The zero-order valence-electron chi connectivity index (χ0n) is 10.9. The Morgan fingerprint density at radius 2 is 2.12 bits per heavy atom. The average Bonchev–Trinajstić information content (AvgIpc) is 2.25. The molecule has 17 heavy (non-hydrogen) atoms. The largest absolute Gasteiger partial charge is 0.378 e. The quantitative estimate of drug-likeness (QED) is 0.729. The van der Waals surface area contributed by atoms with Gasteiger partial charge in [0, 0.05) is 19.6 Å². The van der Waals surface area contributed by atoms with Gasteiger partial charge in [0.05, 0.1) is 25.0 Å². The normalized spacial score (nSPS) is 26.9. The third kappa shape index (κ3) is 2.06. The van der Waals surface area contributed by atoms with Crippen LogP contribution in [-0.4, -0.2) is 49.5 Å². The van der Waals surface area contributed by atoms with Crippen molar-refractivity contribution in [3.63, 3.8) is 0 Å². The molecule has 0 atom stereocenters. The van der Waals surface area contributed by atoms with E-state index in [0.29, 0.717) is 12.0 Å². The van der Waals surface area contributed by atoms with Crippen molar-refractivity contribution in [2.24, 2.45) is 10.9 Å². The van der Waals surface area contributed by atoms with Crippen molar-refractivity contribution in [1.82, 2.24) is 4.90 Å². The van der Waals surface area contributed by atoms with Crippen LogP contribution in [0.4, 0.5) is 0 Å². The zero-order chi connectivity index (χ0) is 11.8. The number of piperidine rings is 1. The Bertz CT molecular complexity index is 366. The third-order valence-electron chi connectivity index (χ3n) is 4.26. The summed E-state index contributed by atoms with van der Waals surface area (Å²) in [5.41, 5.74) is 4.63. The van der Waals surface area contributed by atoms with E-state index in [1.807, 2.05) is 0 Å². The second-order valence-electron chi connectivity index (χ2n) is 5.65. The number of hydrogen-bond acceptors (Lipinski definition) is 3. The molecule has 0 N–H and O–H groups in total. The Balaban J connectivity index is 1.77. The van der Waals surface area contributed by atoms with E-state index in [0.717, 1.165) is 26.3 Å². The first kappa shape index (κ1) is 11.4. The van der Waals surface area contributed by atoms with Crippen LogP contribution in [-0.2, 0) is 4.74 Å². The molecule has 3 aliphatic heterocycles. The van der Waals surface area contributed by atoms with Crippen LogP contribution in [0.2, 0.25) is 0 Å². The number of aliphatic imine (C=N–C) groups is 1. The standard InChI is InChI=1S/C14H22N2O/c1-10(2)12-3-5-15-14-7-16(6-4-13(12)14)11-8-17-9-11/h10-11H,3-9H2,1-2H3. The predicted octanol–water partition coefficient (Wildman–Crippen LogP) is 1.89. The van der Waals surface area contributed by atoms with Gasteiger partial charge in [-0.15, -0.1) is 0 Å². The van der Waals surface area contributed by atoms with Crippen LogP contribution in [0.5, 0.6) is 0 Å². The average molecular weight is 234 g/mol. The highest BCUT2D eigenvalue weighted by Gasteiger charge is 2.32. The fourth-order valence-corrected chi connectivity index (χ4v) is 3.10. The molecule has 3 aliphatic rings. The molecule has 0 spiro atoms. The van der Waals surface area contributed by atoms with Gasteiger partial charge < -0.3 is 4.74 Å². The summed E-state index contributed by atoms with van der Waals surface area (Å²) < 4.78 is 5.29. The molecule has 94 valence electrons. The number of ether oxygens (including phenoxy) is 1. The van der Waals surface area contributed by atoms with Gasteiger partial charge in [0.2, 0.25) is 0 Å². The number of likely N-dealkylation sites (tertiary alicyclic amines) is 1. The SMILES string of the molecule is CC(C)C1=C2CCN(C3COC3)CC2=NCC1. The summed E-state index contributed by atoms with van der Waals surface area (Å²) in [5.74, 6) is 0.689. The molecule has 2 fully saturated rings. The van der Waals surface area contributed by atoms with Crippen LogP contribution in [0, 0.1) is 5.92 Å². The fourth-order valence-electron chi connectivity index (χ4n) is 3.10. The molecular formula is C14H22N2O. The number of fused-ring (bicyclic) bond motifs is 1. The molecule has 0 aliphatic carbocycles. The summed E-state index contributed by atoms with van der Waals surface area (Å²) in [6, 6.07) is 0.656. The topological polar surface area (TPSA) is 24.8 Å². The van der Waals surface area contributed by atoms with Crippen molar-refractivity contribution in [3.8, 4) is 0 Å². The van der Waals surface area contributed by atoms with Crippen molar-refractivity contribution in [2.45, 2.75) is 32.7 Å². The van der Waals surface area contributed by atoms with E-state index in [9.17, 15) is 0 Å². The lowest BCUT2D eigenvalue weighted by atomic mass is 9.85. The van der Waals surface area contributed by atoms with Crippen molar-refractivity contribution in [3.05, 3.63) is 11.1 Å². The first-order valence-electron chi connectivity index (χ1n) is 6.83. The second-order valence-corrected chi connectivity index (χ2v) is 5.65. The minimum atomic E-state index is 0.656. The van der Waals surface area contributed by atoms with Gasteiger partial charge in [-0.2, -0.15) is 0 Å². The maximum Gasteiger partial charge on any atom is 0.0645 e. The second kappa shape index (κ2) is 4.54. The summed E-state index contributed by atoms with van der Waals surface area (Å²) in [5, 5.41) is 0. The molecule has 3 rings (SSSR count). The summed E-state index contributed by atoms with van der Waals surface area (Å²) in [6.07, 6.45) is 2.38. The zero-order valence-corrected chi connectivity index (χ0v) is 10.9. The van der Waals surface area contributed by atoms with E-state index in [4.69, 9.17) is 9.73 Å². The van der Waals surface area contributed by atoms with Gasteiger partial charge in [0.1, 0.15) is 0 Å². The van der Waals surface area contributed by atoms with Gasteiger partial charge in [-0.05, 0) is 24.3 Å². The van der Waals surface area contributed by atoms with E-state index in [1.54, 1.807) is 11.1 Å². The Morgan fingerprint density at radius 3 is 2.76 bits per heavy atom. The molecule has 0 saturated carbocycles. The van der Waals surface area contributed by atoms with E-state index in [2.05, 4.69) is 18.7 Å². The molecule has 0 radical (unpaired) electrons. The van der Waals surface area contributed by atoms with Crippen LogP contribution in [0.1, 0.15) is 26.7 Å². The van der Waals surface area contributed by atoms with E-state index < -0.39 is 0 Å². The van der Waals surface area contributed by atoms with Crippen molar-refractivity contribution < 1.29 is 4.74 Å². The van der Waals surface area contributed by atoms with Crippen LogP contribution >= 0.6 is 0 Å². The van der Waals surface area contributed by atoms with Crippen LogP contribution < -0.4 is 0 Å². The number of hydrogen-bond donors (Lipinski definition) is 0. The molecular weight excluding hydrogens is 212 g/mol. The molecule has 3 heterocycles. The van der Waals surface area contributed by atoms with Crippen LogP contribution in [0.3, 0.4) is 0 Å². The molecule has 0 aromatic carbocycles. The first-order valence-corrected chi connectivity index (χ1v) is 6.83. The molecule has 0 bridgehead atoms. The first-order chi connectivity index (χ1) is 8.25. The van der Waals surface area contributed by atoms with Crippen LogP contribution in [0.25, 0.3) is 0 Å². The smallest absolute Gasteiger partial charge is 0.0645 e. The van der Waals surface area contributed by atoms with E-state index in [1.165, 1.54) is 25.1 Å². The van der Waals surface area contributed by atoms with Gasteiger partial charge in [0.25, 0.3) is 0 Å². The molecule has 0 aromatic heterocycles. The van der Waals surface area contributed by atoms with Gasteiger partial charge >= 0.3 is 0 Å². The molecule has 0 unspecified atom stereocenters. The fraction of sp³-hybridized carbons (Fsp3) is 0.786. The molecule has 0 amide bonds. The Kier molecular flexibility index (Phi) is 3.05. The van der Waals surface area contributed by atoms with Gasteiger partial charge in [0.15, 0.2) is 0 Å². The maximum atomic E-state index is 5.29. The number of dihydropyridines is 1. The maximum absolute atomic E-state index is 5.29. The van der Waals surface area contributed by atoms with Gasteiger partial charge in [-0.3, -0.25) is 9.89 Å². The summed E-state index contributed by atoms with van der Waals surface area (Å²) >= 11 is 0. The lowest BCUT2D eigenvalue weighted by Crippen LogP contribution is -2.53. The molecule has 2 saturated heterocycles. The Morgan fingerprint density at radius 1 is 1.29 bits per heavy atom. The molecule has 0 aromatic rings. The van der Waals surface area contributed by atoms with Crippen molar-refractivity contribution >= 4 is 5.71 Å². The Labute approximate surface area is 104 Å². The molecule has 3 nitrogen and oxygen atoms in total. The number of rotatable bonds is 2. The highest BCUT2D eigenvalue weighted by Crippen LogP contribution is 2.30. The van der Waals surface area contributed by atoms with Gasteiger partial charge in [-0.1, -0.05) is 19.4 Å². The minimum Gasteiger partial charge on any atom is -0.378 e.